The van der Waals surface area contributed by atoms with Gasteiger partial charge >= 0.3 is 12.0 Å². The average Bonchev–Trinajstić information content (AvgIpc) is 2.63. The molecule has 114 valence electrons. The number of urea groups is 1. The Morgan fingerprint density at radius 3 is 2.65 bits per heavy atom. The van der Waals surface area contributed by atoms with E-state index in [1.807, 2.05) is 0 Å². The first-order valence-corrected chi connectivity index (χ1v) is 8.53. The summed E-state index contributed by atoms with van der Waals surface area (Å²) in [6.45, 7) is 2.41. The monoisotopic (exact) mass is 304 g/mol. The van der Waals surface area contributed by atoms with Gasteiger partial charge in [-0.1, -0.05) is 0 Å². The van der Waals surface area contributed by atoms with E-state index in [0.717, 1.165) is 0 Å². The fourth-order valence-corrected chi connectivity index (χ4v) is 4.90. The topological polar surface area (TPSA) is 104 Å². The van der Waals surface area contributed by atoms with Crippen LogP contribution < -0.4 is 5.32 Å². The zero-order valence-electron chi connectivity index (χ0n) is 11.5. The van der Waals surface area contributed by atoms with Crippen molar-refractivity contribution in [2.24, 2.45) is 5.92 Å². The molecule has 0 aromatic heterocycles. The maximum atomic E-state index is 12.2. The molecular weight excluding hydrogens is 284 g/mol. The highest BCUT2D eigenvalue weighted by atomic mass is 32.2. The molecule has 2 aliphatic rings. The van der Waals surface area contributed by atoms with Gasteiger partial charge in [0.1, 0.15) is 0 Å². The first kappa shape index (κ1) is 15.1. The lowest BCUT2D eigenvalue weighted by molar-refractivity contribution is -0.143. The van der Waals surface area contributed by atoms with Gasteiger partial charge in [0.25, 0.3) is 0 Å². The normalized spacial score (nSPS) is 32.9. The molecule has 8 heteroatoms. The van der Waals surface area contributed by atoms with Crippen molar-refractivity contribution in [1.29, 1.82) is 0 Å². The maximum absolute atomic E-state index is 12.2. The Morgan fingerprint density at radius 2 is 2.10 bits per heavy atom. The molecule has 2 atom stereocenters. The molecule has 2 aliphatic heterocycles. The van der Waals surface area contributed by atoms with E-state index in [9.17, 15) is 18.0 Å². The molecule has 2 fully saturated rings. The van der Waals surface area contributed by atoms with Crippen LogP contribution in [-0.2, 0) is 14.6 Å². The van der Waals surface area contributed by atoms with E-state index in [2.05, 4.69) is 5.32 Å². The van der Waals surface area contributed by atoms with Crippen molar-refractivity contribution >= 4 is 21.8 Å². The summed E-state index contributed by atoms with van der Waals surface area (Å²) in [6, 6.07) is -0.365. The summed E-state index contributed by atoms with van der Waals surface area (Å²) in [5.41, 5.74) is -0.744. The van der Waals surface area contributed by atoms with Crippen molar-refractivity contribution in [1.82, 2.24) is 10.2 Å². The van der Waals surface area contributed by atoms with Gasteiger partial charge in [-0.05, 0) is 26.2 Å². The molecule has 7 nitrogen and oxygen atoms in total. The number of carbonyl (C=O) groups is 2. The standard InChI is InChI=1S/C12H20N2O5S/c1-12(4-6-20(18,19)8-12)13-11(17)14-5-2-3-9(7-14)10(15)16/h9H,2-8H2,1H3,(H,13,17)(H,15,16)/t9-,12?/m0/s1. The Hall–Kier alpha value is -1.31. The number of carbonyl (C=O) groups excluding carboxylic acids is 1. The van der Waals surface area contributed by atoms with Crippen LogP contribution in [0.3, 0.4) is 0 Å². The van der Waals surface area contributed by atoms with Crippen LogP contribution >= 0.6 is 0 Å². The lowest BCUT2D eigenvalue weighted by Gasteiger charge is -2.34. The minimum absolute atomic E-state index is 0.0536. The number of carboxylic acids is 1. The number of nitrogens with one attached hydrogen (secondary N) is 1. The van der Waals surface area contributed by atoms with Crippen molar-refractivity contribution in [3.05, 3.63) is 0 Å². The van der Waals surface area contributed by atoms with Gasteiger partial charge in [-0.25, -0.2) is 13.2 Å². The number of hydrogen-bond acceptors (Lipinski definition) is 4. The number of aliphatic carboxylic acids is 1. The molecule has 0 radical (unpaired) electrons. The Balaban J connectivity index is 1.97. The van der Waals surface area contributed by atoms with Gasteiger partial charge in [0.2, 0.25) is 0 Å². The van der Waals surface area contributed by atoms with E-state index >= 15 is 0 Å². The zero-order chi connectivity index (χ0) is 15.0. The smallest absolute Gasteiger partial charge is 0.317 e. The Kier molecular flexibility index (Phi) is 3.95. The summed E-state index contributed by atoms with van der Waals surface area (Å²) < 4.78 is 23.0. The van der Waals surface area contributed by atoms with Crippen molar-refractivity contribution in [2.75, 3.05) is 24.6 Å². The highest BCUT2D eigenvalue weighted by molar-refractivity contribution is 7.91. The average molecular weight is 304 g/mol. The Morgan fingerprint density at radius 1 is 1.40 bits per heavy atom. The van der Waals surface area contributed by atoms with E-state index in [-0.39, 0.29) is 24.1 Å². The third-order valence-corrected chi connectivity index (χ3v) is 5.87. The third kappa shape index (κ3) is 3.41. The van der Waals surface area contributed by atoms with Crippen LogP contribution in [0.15, 0.2) is 0 Å². The highest BCUT2D eigenvalue weighted by Crippen LogP contribution is 2.24. The fourth-order valence-electron chi connectivity index (χ4n) is 2.81. The summed E-state index contributed by atoms with van der Waals surface area (Å²) in [4.78, 5) is 24.6. The van der Waals surface area contributed by atoms with Crippen LogP contribution in [0.2, 0.25) is 0 Å². The predicted octanol–water partition coefficient (Wildman–Crippen LogP) is 0.0698. The quantitative estimate of drug-likeness (QED) is 0.751. The fraction of sp³-hybridized carbons (Fsp3) is 0.833. The van der Waals surface area contributed by atoms with E-state index < -0.39 is 27.3 Å². The van der Waals surface area contributed by atoms with Gasteiger partial charge < -0.3 is 15.3 Å². The maximum Gasteiger partial charge on any atom is 0.317 e. The largest absolute Gasteiger partial charge is 0.481 e. The van der Waals surface area contributed by atoms with Gasteiger partial charge in [0.15, 0.2) is 9.84 Å². The van der Waals surface area contributed by atoms with E-state index in [4.69, 9.17) is 5.11 Å². The zero-order valence-corrected chi connectivity index (χ0v) is 12.3. The van der Waals surface area contributed by atoms with E-state index in [1.54, 1.807) is 6.92 Å². The van der Waals surface area contributed by atoms with E-state index in [1.165, 1.54) is 4.90 Å². The van der Waals surface area contributed by atoms with Gasteiger partial charge in [-0.2, -0.15) is 0 Å². The number of piperidine rings is 1. The molecular formula is C12H20N2O5S. The summed E-state index contributed by atoms with van der Waals surface area (Å²) in [5.74, 6) is -1.39. The number of likely N-dealkylation sites (tertiary alicyclic amines) is 1. The molecule has 20 heavy (non-hydrogen) atoms. The van der Waals surface area contributed by atoms with Crippen molar-refractivity contribution in [3.63, 3.8) is 0 Å². The molecule has 2 N–H and O–H groups in total. The second-order valence-corrected chi connectivity index (χ2v) is 8.14. The molecule has 0 aromatic rings. The first-order valence-electron chi connectivity index (χ1n) is 6.71. The second-order valence-electron chi connectivity index (χ2n) is 5.96. The Labute approximate surface area is 118 Å². The van der Waals surface area contributed by atoms with Crippen LogP contribution in [0, 0.1) is 5.92 Å². The number of rotatable bonds is 2. The number of amides is 2. The van der Waals surface area contributed by atoms with Crippen molar-refractivity contribution in [2.45, 2.75) is 31.7 Å². The van der Waals surface area contributed by atoms with Gasteiger partial charge in [-0.3, -0.25) is 4.79 Å². The van der Waals surface area contributed by atoms with E-state index in [0.29, 0.717) is 25.8 Å². The predicted molar refractivity (Wildman–Crippen MR) is 72.1 cm³/mol. The third-order valence-electron chi connectivity index (χ3n) is 3.97. The van der Waals surface area contributed by atoms with Gasteiger partial charge in [0, 0.05) is 13.1 Å². The lowest BCUT2D eigenvalue weighted by atomic mass is 9.98. The molecule has 2 heterocycles. The number of carboxylic acid groups (broad SMARTS) is 1. The number of sulfone groups is 1. The number of hydrogen-bond donors (Lipinski definition) is 2. The molecule has 2 amide bonds. The first-order chi connectivity index (χ1) is 9.21. The van der Waals surface area contributed by atoms with Crippen LogP contribution in [0.25, 0.3) is 0 Å². The molecule has 2 saturated heterocycles. The summed E-state index contributed by atoms with van der Waals surface area (Å²) in [6.07, 6.45) is 1.63. The summed E-state index contributed by atoms with van der Waals surface area (Å²) >= 11 is 0. The Bertz CT molecular complexity index is 518. The summed E-state index contributed by atoms with van der Waals surface area (Å²) in [7, 11) is -3.08. The molecule has 1 unspecified atom stereocenters. The molecule has 0 saturated carbocycles. The van der Waals surface area contributed by atoms with Crippen LogP contribution in [0.5, 0.6) is 0 Å². The lowest BCUT2D eigenvalue weighted by Crippen LogP contribution is -2.54. The van der Waals surface area contributed by atoms with Gasteiger partial charge in [-0.15, -0.1) is 0 Å². The van der Waals surface area contributed by atoms with Gasteiger partial charge in [0.05, 0.1) is 23.0 Å². The molecule has 0 spiro atoms. The van der Waals surface area contributed by atoms with Crippen molar-refractivity contribution < 1.29 is 23.1 Å². The van der Waals surface area contributed by atoms with Crippen LogP contribution in [-0.4, -0.2) is 60.6 Å². The molecule has 2 rings (SSSR count). The molecule has 0 aromatic carbocycles. The molecule has 0 bridgehead atoms. The minimum atomic E-state index is -3.08. The summed E-state index contributed by atoms with van der Waals surface area (Å²) in [5, 5.41) is 11.8. The van der Waals surface area contributed by atoms with Crippen LogP contribution in [0.1, 0.15) is 26.2 Å². The van der Waals surface area contributed by atoms with Crippen molar-refractivity contribution in [3.8, 4) is 0 Å². The second kappa shape index (κ2) is 5.23. The SMILES string of the molecule is CC1(NC(=O)N2CCC[C@H](C(=O)O)C2)CCS(=O)(=O)C1. The molecule has 0 aliphatic carbocycles. The number of nitrogens with zero attached hydrogens (tertiary/aromatic N) is 1. The minimum Gasteiger partial charge on any atom is -0.481 e. The van der Waals surface area contributed by atoms with Crippen LogP contribution in [0.4, 0.5) is 4.79 Å². The highest BCUT2D eigenvalue weighted by Gasteiger charge is 2.40.